The molecule has 1 unspecified atom stereocenters. The highest BCUT2D eigenvalue weighted by Crippen LogP contribution is 2.14. The minimum atomic E-state index is -0.548. The Morgan fingerprint density at radius 2 is 0.750 bits per heavy atom. The van der Waals surface area contributed by atoms with Crippen molar-refractivity contribution in [2.75, 3.05) is 19.8 Å². The predicted octanol–water partition coefficient (Wildman–Crippen LogP) is 17.1. The predicted molar refractivity (Wildman–Crippen MR) is 260 cm³/mol. The van der Waals surface area contributed by atoms with E-state index < -0.39 is 6.10 Å². The zero-order valence-corrected chi connectivity index (χ0v) is 39.7. The molecule has 0 saturated carbocycles. The van der Waals surface area contributed by atoms with E-state index in [1.54, 1.807) is 0 Å². The molecule has 0 saturated heterocycles. The van der Waals surface area contributed by atoms with E-state index in [9.17, 15) is 9.59 Å². The molecule has 0 radical (unpaired) electrons. The molecule has 0 spiro atoms. The number of ether oxygens (including phenoxy) is 3. The first-order chi connectivity index (χ1) is 29.6. The highest BCUT2D eigenvalue weighted by atomic mass is 16.6. The van der Waals surface area contributed by atoms with Gasteiger partial charge in [-0.25, -0.2) is 0 Å². The van der Waals surface area contributed by atoms with Gasteiger partial charge in [0.05, 0.1) is 6.61 Å². The van der Waals surface area contributed by atoms with Gasteiger partial charge < -0.3 is 14.2 Å². The number of hydrogen-bond donors (Lipinski definition) is 0. The van der Waals surface area contributed by atoms with Crippen molar-refractivity contribution in [3.63, 3.8) is 0 Å². The maximum absolute atomic E-state index is 12.8. The van der Waals surface area contributed by atoms with E-state index in [0.29, 0.717) is 19.4 Å². The largest absolute Gasteiger partial charge is 0.462 e. The highest BCUT2D eigenvalue weighted by Gasteiger charge is 2.17. The van der Waals surface area contributed by atoms with Crippen LogP contribution in [-0.4, -0.2) is 37.9 Å². The summed E-state index contributed by atoms with van der Waals surface area (Å²) < 4.78 is 17.4. The number of carbonyl (C=O) groups is 2. The van der Waals surface area contributed by atoms with Crippen LogP contribution in [0.25, 0.3) is 0 Å². The van der Waals surface area contributed by atoms with Crippen LogP contribution in [0.5, 0.6) is 0 Å². The van der Waals surface area contributed by atoms with Crippen LogP contribution in [0.3, 0.4) is 0 Å². The van der Waals surface area contributed by atoms with Gasteiger partial charge in [0.2, 0.25) is 0 Å². The van der Waals surface area contributed by atoms with Gasteiger partial charge in [-0.05, 0) is 89.9 Å². The lowest BCUT2D eigenvalue weighted by Gasteiger charge is -2.18. The van der Waals surface area contributed by atoms with Gasteiger partial charge in [0, 0.05) is 19.4 Å². The van der Waals surface area contributed by atoms with Gasteiger partial charge in [-0.2, -0.15) is 0 Å². The van der Waals surface area contributed by atoms with Crippen molar-refractivity contribution >= 4 is 11.9 Å². The molecule has 5 heteroatoms. The number of hydrogen-bond acceptors (Lipinski definition) is 5. The minimum absolute atomic E-state index is 0.0715. The van der Waals surface area contributed by atoms with E-state index in [1.165, 1.54) is 109 Å². The lowest BCUT2D eigenvalue weighted by molar-refractivity contribution is -0.163. The third-order valence-electron chi connectivity index (χ3n) is 10.7. The third-order valence-corrected chi connectivity index (χ3v) is 10.7. The van der Waals surface area contributed by atoms with Gasteiger partial charge in [0.15, 0.2) is 6.10 Å². The average molecular weight is 837 g/mol. The summed E-state index contributed by atoms with van der Waals surface area (Å²) >= 11 is 0. The van der Waals surface area contributed by atoms with Crippen LogP contribution < -0.4 is 0 Å². The molecule has 0 rings (SSSR count). The van der Waals surface area contributed by atoms with E-state index >= 15 is 0 Å². The van der Waals surface area contributed by atoms with Crippen molar-refractivity contribution in [2.24, 2.45) is 0 Å². The number of rotatable bonds is 46. The molecule has 0 aliphatic heterocycles. The lowest BCUT2D eigenvalue weighted by atomic mass is 10.1. The molecule has 0 aromatic heterocycles. The highest BCUT2D eigenvalue weighted by molar-refractivity contribution is 5.70. The Morgan fingerprint density at radius 1 is 0.383 bits per heavy atom. The van der Waals surface area contributed by atoms with E-state index in [2.05, 4.69) is 93.7 Å². The van der Waals surface area contributed by atoms with Crippen molar-refractivity contribution in [3.8, 4) is 0 Å². The Balaban J connectivity index is 4.26. The molecule has 0 amide bonds. The summed E-state index contributed by atoms with van der Waals surface area (Å²) in [5.41, 5.74) is 0. The topological polar surface area (TPSA) is 61.8 Å². The van der Waals surface area contributed by atoms with Crippen molar-refractivity contribution in [3.05, 3.63) is 72.9 Å². The second kappa shape index (κ2) is 50.7. The van der Waals surface area contributed by atoms with Crippen LogP contribution in [0.1, 0.15) is 239 Å². The minimum Gasteiger partial charge on any atom is -0.462 e. The van der Waals surface area contributed by atoms with E-state index in [4.69, 9.17) is 14.2 Å². The van der Waals surface area contributed by atoms with Crippen molar-refractivity contribution in [1.82, 2.24) is 0 Å². The molecule has 0 heterocycles. The summed E-state index contributed by atoms with van der Waals surface area (Å²) in [6, 6.07) is 0. The smallest absolute Gasteiger partial charge is 0.306 e. The number of esters is 2. The van der Waals surface area contributed by atoms with E-state index in [-0.39, 0.29) is 25.2 Å². The molecule has 5 nitrogen and oxygen atoms in total. The Morgan fingerprint density at radius 3 is 1.23 bits per heavy atom. The monoisotopic (exact) mass is 837 g/mol. The zero-order valence-electron chi connectivity index (χ0n) is 39.7. The second-order valence-corrected chi connectivity index (χ2v) is 16.7. The maximum Gasteiger partial charge on any atom is 0.306 e. The van der Waals surface area contributed by atoms with Crippen molar-refractivity contribution < 1.29 is 23.8 Å². The fourth-order valence-corrected chi connectivity index (χ4v) is 6.94. The normalized spacial score (nSPS) is 12.8. The van der Waals surface area contributed by atoms with Crippen LogP contribution in [0.15, 0.2) is 72.9 Å². The van der Waals surface area contributed by atoms with Crippen LogP contribution in [-0.2, 0) is 23.8 Å². The fraction of sp³-hybridized carbons (Fsp3) is 0.745. The van der Waals surface area contributed by atoms with Gasteiger partial charge in [-0.3, -0.25) is 9.59 Å². The average Bonchev–Trinajstić information content (AvgIpc) is 3.25. The summed E-state index contributed by atoms with van der Waals surface area (Å²) in [5, 5.41) is 0. The summed E-state index contributed by atoms with van der Waals surface area (Å²) in [6.45, 7) is 7.67. The molecular formula is C55H96O5. The first-order valence-electron chi connectivity index (χ1n) is 25.5. The summed E-state index contributed by atoms with van der Waals surface area (Å²) in [4.78, 5) is 25.4. The standard InChI is InChI=1S/C55H96O5/c1-4-7-10-13-16-19-22-24-26-27-28-29-31-32-34-36-39-42-45-48-54(56)59-52-53(51-58-50-47-44-41-38-21-18-15-12-9-6-3)60-55(57)49-46-43-40-37-35-33-30-25-23-20-17-14-11-8-5-2/h7,10,16-17,19-20,24-26,28-30,53H,4-6,8-9,11-15,18,21-23,27,31-52H2,1-3H3/b10-7-,19-16-,20-17-,26-24-,29-28-,30-25-. The van der Waals surface area contributed by atoms with Crippen LogP contribution in [0.4, 0.5) is 0 Å². The summed E-state index contributed by atoms with van der Waals surface area (Å²) in [6.07, 6.45) is 64.7. The summed E-state index contributed by atoms with van der Waals surface area (Å²) in [5.74, 6) is -0.426. The van der Waals surface area contributed by atoms with Gasteiger partial charge in [-0.15, -0.1) is 0 Å². The lowest BCUT2D eigenvalue weighted by Crippen LogP contribution is -2.30. The van der Waals surface area contributed by atoms with Gasteiger partial charge in [-0.1, -0.05) is 209 Å². The third kappa shape index (κ3) is 48.0. The molecule has 0 bridgehead atoms. The Labute approximate surface area is 372 Å². The van der Waals surface area contributed by atoms with Crippen LogP contribution in [0.2, 0.25) is 0 Å². The Kier molecular flexibility index (Phi) is 48.4. The molecule has 0 fully saturated rings. The number of allylic oxidation sites excluding steroid dienone is 12. The molecule has 0 aromatic rings. The van der Waals surface area contributed by atoms with Crippen LogP contribution in [0, 0.1) is 0 Å². The fourth-order valence-electron chi connectivity index (χ4n) is 6.94. The van der Waals surface area contributed by atoms with Gasteiger partial charge >= 0.3 is 11.9 Å². The first-order valence-corrected chi connectivity index (χ1v) is 25.5. The van der Waals surface area contributed by atoms with E-state index in [1.807, 2.05) is 0 Å². The Hall–Kier alpha value is -2.66. The second-order valence-electron chi connectivity index (χ2n) is 16.7. The van der Waals surface area contributed by atoms with Crippen molar-refractivity contribution in [1.29, 1.82) is 0 Å². The zero-order chi connectivity index (χ0) is 43.5. The molecular weight excluding hydrogens is 741 g/mol. The molecule has 0 aliphatic carbocycles. The number of unbranched alkanes of at least 4 members (excludes halogenated alkanes) is 23. The van der Waals surface area contributed by atoms with Gasteiger partial charge in [0.25, 0.3) is 0 Å². The van der Waals surface area contributed by atoms with Crippen LogP contribution >= 0.6 is 0 Å². The molecule has 0 aromatic carbocycles. The Bertz CT molecular complexity index is 1080. The quantitative estimate of drug-likeness (QED) is 0.0347. The molecule has 0 N–H and O–H groups in total. The number of carbonyl (C=O) groups excluding carboxylic acids is 2. The van der Waals surface area contributed by atoms with Crippen molar-refractivity contribution in [2.45, 2.75) is 245 Å². The SMILES string of the molecule is CC/C=C\C/C=C\C/C=C\C/C=C\CCCCCCCCC(=O)OCC(COCCCCCCCCCCCC)OC(=O)CCCCCCC/C=C\C/C=C\CCCCC. The van der Waals surface area contributed by atoms with E-state index in [0.717, 1.165) is 96.3 Å². The molecule has 1 atom stereocenters. The molecule has 60 heavy (non-hydrogen) atoms. The summed E-state index contributed by atoms with van der Waals surface area (Å²) in [7, 11) is 0. The van der Waals surface area contributed by atoms with Gasteiger partial charge in [0.1, 0.15) is 6.61 Å². The maximum atomic E-state index is 12.8. The first kappa shape index (κ1) is 57.3. The molecule has 0 aliphatic rings. The molecule has 346 valence electrons.